The molecule has 4 nitrogen and oxygen atoms in total. The van der Waals surface area contributed by atoms with Gasteiger partial charge in [-0.15, -0.1) is 0 Å². The van der Waals surface area contributed by atoms with E-state index >= 15 is 0 Å². The van der Waals surface area contributed by atoms with Gasteiger partial charge in [-0.05, 0) is 5.56 Å². The Labute approximate surface area is 128 Å². The zero-order valence-corrected chi connectivity index (χ0v) is 12.0. The lowest BCUT2D eigenvalue weighted by atomic mass is 10.2. The van der Waals surface area contributed by atoms with Gasteiger partial charge < -0.3 is 10.3 Å². The first kappa shape index (κ1) is 14.6. The Bertz CT molecular complexity index is 749. The maximum atomic E-state index is 12.5. The fraction of sp³-hybridized carbons (Fsp3) is 0.143. The SMILES string of the molecule is FC(F)(F)c1cnc(NCc2ncc(-c3ccccc3)[nH]2)s1. The second-order valence-electron chi connectivity index (χ2n) is 4.49. The Morgan fingerprint density at radius 1 is 1.09 bits per heavy atom. The van der Waals surface area contributed by atoms with Crippen molar-refractivity contribution in [1.82, 2.24) is 15.0 Å². The highest BCUT2D eigenvalue weighted by Gasteiger charge is 2.33. The van der Waals surface area contributed by atoms with Gasteiger partial charge in [0.15, 0.2) is 5.13 Å². The number of rotatable bonds is 4. The number of thiazole rings is 1. The summed E-state index contributed by atoms with van der Waals surface area (Å²) in [5.41, 5.74) is 1.85. The minimum atomic E-state index is -4.36. The monoisotopic (exact) mass is 324 g/mol. The van der Waals surface area contributed by atoms with Gasteiger partial charge in [-0.25, -0.2) is 9.97 Å². The Balaban J connectivity index is 1.65. The van der Waals surface area contributed by atoms with Gasteiger partial charge in [-0.2, -0.15) is 13.2 Å². The normalized spacial score (nSPS) is 11.6. The molecule has 0 bridgehead atoms. The van der Waals surface area contributed by atoms with Crippen molar-refractivity contribution in [2.45, 2.75) is 12.7 Å². The van der Waals surface area contributed by atoms with Gasteiger partial charge in [0.25, 0.3) is 0 Å². The summed E-state index contributed by atoms with van der Waals surface area (Å²) in [4.78, 5) is 10.3. The molecule has 22 heavy (non-hydrogen) atoms. The van der Waals surface area contributed by atoms with E-state index in [2.05, 4.69) is 20.3 Å². The molecule has 0 aliphatic carbocycles. The first-order valence-electron chi connectivity index (χ1n) is 6.38. The molecule has 114 valence electrons. The topological polar surface area (TPSA) is 53.6 Å². The number of hydrogen-bond acceptors (Lipinski definition) is 4. The predicted molar refractivity (Wildman–Crippen MR) is 78.5 cm³/mol. The summed E-state index contributed by atoms with van der Waals surface area (Å²) >= 11 is 0.573. The molecule has 0 saturated carbocycles. The van der Waals surface area contributed by atoms with E-state index in [1.54, 1.807) is 6.20 Å². The van der Waals surface area contributed by atoms with Gasteiger partial charge in [-0.3, -0.25) is 0 Å². The van der Waals surface area contributed by atoms with Crippen LogP contribution in [0.3, 0.4) is 0 Å². The number of hydrogen-bond donors (Lipinski definition) is 2. The lowest BCUT2D eigenvalue weighted by molar-refractivity contribution is -0.134. The molecule has 0 radical (unpaired) electrons. The van der Waals surface area contributed by atoms with Gasteiger partial charge in [0, 0.05) is 0 Å². The lowest BCUT2D eigenvalue weighted by Crippen LogP contribution is -2.01. The minimum absolute atomic E-state index is 0.213. The number of benzene rings is 1. The molecule has 2 N–H and O–H groups in total. The molecule has 8 heteroatoms. The van der Waals surface area contributed by atoms with E-state index in [1.807, 2.05) is 30.3 Å². The van der Waals surface area contributed by atoms with Crippen LogP contribution in [-0.4, -0.2) is 15.0 Å². The van der Waals surface area contributed by atoms with E-state index in [0.29, 0.717) is 17.2 Å². The van der Waals surface area contributed by atoms with Gasteiger partial charge in [-0.1, -0.05) is 41.7 Å². The largest absolute Gasteiger partial charge is 0.427 e. The number of halogens is 3. The smallest absolute Gasteiger partial charge is 0.354 e. The Morgan fingerprint density at radius 2 is 1.86 bits per heavy atom. The van der Waals surface area contributed by atoms with Crippen molar-refractivity contribution in [2.75, 3.05) is 5.32 Å². The summed E-state index contributed by atoms with van der Waals surface area (Å²) in [5.74, 6) is 0.627. The first-order chi connectivity index (χ1) is 10.5. The van der Waals surface area contributed by atoms with Crippen LogP contribution in [0.25, 0.3) is 11.3 Å². The zero-order valence-electron chi connectivity index (χ0n) is 11.2. The van der Waals surface area contributed by atoms with E-state index in [-0.39, 0.29) is 11.7 Å². The van der Waals surface area contributed by atoms with Crippen molar-refractivity contribution >= 4 is 16.5 Å². The van der Waals surface area contributed by atoms with Crippen molar-refractivity contribution in [1.29, 1.82) is 0 Å². The van der Waals surface area contributed by atoms with Crippen LogP contribution in [0.2, 0.25) is 0 Å². The number of nitrogens with one attached hydrogen (secondary N) is 2. The van der Waals surface area contributed by atoms with Crippen LogP contribution in [0, 0.1) is 0 Å². The molecule has 0 saturated heterocycles. The van der Waals surface area contributed by atoms with Crippen LogP contribution in [0.4, 0.5) is 18.3 Å². The van der Waals surface area contributed by atoms with Crippen molar-refractivity contribution in [3.05, 3.63) is 53.4 Å². The molecule has 1 aromatic carbocycles. The van der Waals surface area contributed by atoms with Gasteiger partial charge >= 0.3 is 6.18 Å². The highest BCUT2D eigenvalue weighted by atomic mass is 32.1. The summed E-state index contributed by atoms with van der Waals surface area (Å²) in [6.45, 7) is 0.275. The Morgan fingerprint density at radius 3 is 2.55 bits per heavy atom. The van der Waals surface area contributed by atoms with Crippen molar-refractivity contribution in [3.63, 3.8) is 0 Å². The molecular weight excluding hydrogens is 313 g/mol. The summed E-state index contributed by atoms with van der Waals surface area (Å²) in [5, 5.41) is 3.04. The Hall–Kier alpha value is -2.35. The van der Waals surface area contributed by atoms with E-state index in [1.165, 1.54) is 0 Å². The second-order valence-corrected chi connectivity index (χ2v) is 5.52. The van der Waals surface area contributed by atoms with Crippen molar-refractivity contribution in [3.8, 4) is 11.3 Å². The number of aromatic amines is 1. The number of H-pyrrole nitrogens is 1. The van der Waals surface area contributed by atoms with Crippen LogP contribution in [0.15, 0.2) is 42.7 Å². The van der Waals surface area contributed by atoms with Gasteiger partial charge in [0.1, 0.15) is 10.7 Å². The van der Waals surface area contributed by atoms with Crippen LogP contribution < -0.4 is 5.32 Å². The highest BCUT2D eigenvalue weighted by Crippen LogP contribution is 2.35. The highest BCUT2D eigenvalue weighted by molar-refractivity contribution is 7.15. The molecule has 2 heterocycles. The van der Waals surface area contributed by atoms with Gasteiger partial charge in [0.2, 0.25) is 0 Å². The average molecular weight is 324 g/mol. The molecule has 0 aliphatic rings. The molecular formula is C14H11F3N4S. The molecule has 3 aromatic rings. The molecule has 0 spiro atoms. The fourth-order valence-electron chi connectivity index (χ4n) is 1.86. The Kier molecular flexibility index (Phi) is 3.84. The van der Waals surface area contributed by atoms with E-state index in [9.17, 15) is 13.2 Å². The fourth-order valence-corrected chi connectivity index (χ4v) is 2.54. The number of aromatic nitrogens is 3. The third-order valence-electron chi connectivity index (χ3n) is 2.91. The molecule has 0 aliphatic heterocycles. The number of nitrogens with zero attached hydrogens (tertiary/aromatic N) is 2. The maximum Gasteiger partial charge on any atom is 0.427 e. The molecule has 2 aromatic heterocycles. The standard InChI is InChI=1S/C14H11F3N4S/c15-14(16,17)11-7-19-13(22-11)20-8-12-18-6-10(21-12)9-4-2-1-3-5-9/h1-7H,8H2,(H,18,21)(H,19,20). The van der Waals surface area contributed by atoms with Crippen molar-refractivity contribution < 1.29 is 13.2 Å². The molecule has 0 amide bonds. The van der Waals surface area contributed by atoms with E-state index in [0.717, 1.165) is 17.5 Å². The van der Waals surface area contributed by atoms with Crippen molar-refractivity contribution in [2.24, 2.45) is 0 Å². The minimum Gasteiger partial charge on any atom is -0.354 e. The quantitative estimate of drug-likeness (QED) is 0.757. The van der Waals surface area contributed by atoms with Crippen LogP contribution >= 0.6 is 11.3 Å². The van der Waals surface area contributed by atoms with Crippen LogP contribution in [0.5, 0.6) is 0 Å². The molecule has 3 rings (SSSR count). The molecule has 0 atom stereocenters. The summed E-state index contributed by atoms with van der Waals surface area (Å²) in [7, 11) is 0. The third kappa shape index (κ3) is 3.28. The second kappa shape index (κ2) is 5.80. The van der Waals surface area contributed by atoms with Gasteiger partial charge in [0.05, 0.1) is 24.6 Å². The van der Waals surface area contributed by atoms with Crippen LogP contribution in [-0.2, 0) is 12.7 Å². The van der Waals surface area contributed by atoms with E-state index in [4.69, 9.17) is 0 Å². The summed E-state index contributed by atoms with van der Waals surface area (Å²) in [6, 6.07) is 9.65. The third-order valence-corrected chi connectivity index (χ3v) is 3.91. The lowest BCUT2D eigenvalue weighted by Gasteiger charge is -2.01. The summed E-state index contributed by atoms with van der Waals surface area (Å²) < 4.78 is 37.4. The molecule has 0 unspecified atom stereocenters. The first-order valence-corrected chi connectivity index (χ1v) is 7.20. The number of anilines is 1. The predicted octanol–water partition coefficient (Wildman–Crippen LogP) is 4.16. The number of imidazole rings is 1. The van der Waals surface area contributed by atoms with Crippen LogP contribution in [0.1, 0.15) is 10.7 Å². The van der Waals surface area contributed by atoms with E-state index < -0.39 is 11.1 Å². The average Bonchev–Trinajstić information content (AvgIpc) is 3.15. The summed E-state index contributed by atoms with van der Waals surface area (Å²) in [6.07, 6.45) is -1.84. The maximum absolute atomic E-state index is 12.5. The molecule has 0 fully saturated rings. The zero-order chi connectivity index (χ0) is 15.6. The number of alkyl halides is 3.